The zero-order valence-electron chi connectivity index (χ0n) is 14.0. The molecule has 0 aromatic carbocycles. The highest BCUT2D eigenvalue weighted by Gasteiger charge is 2.50. The van der Waals surface area contributed by atoms with E-state index in [0.29, 0.717) is 31.8 Å². The van der Waals surface area contributed by atoms with Gasteiger partial charge in [-0.1, -0.05) is 6.42 Å². The SMILES string of the molecule is COCCN1C(=O)CCC2(CNC(=O)c3cnccn3)CCCC12. The van der Waals surface area contributed by atoms with Crippen LogP contribution < -0.4 is 5.32 Å². The molecule has 0 bridgehead atoms. The third kappa shape index (κ3) is 3.26. The Balaban J connectivity index is 1.68. The van der Waals surface area contributed by atoms with Crippen molar-refractivity contribution in [2.45, 2.75) is 38.1 Å². The van der Waals surface area contributed by atoms with Crippen molar-refractivity contribution in [2.75, 3.05) is 26.8 Å². The second kappa shape index (κ2) is 7.25. The first-order chi connectivity index (χ1) is 11.7. The van der Waals surface area contributed by atoms with Crippen LogP contribution in [0.3, 0.4) is 0 Å². The summed E-state index contributed by atoms with van der Waals surface area (Å²) in [5, 5.41) is 3.01. The van der Waals surface area contributed by atoms with Crippen LogP contribution in [0.2, 0.25) is 0 Å². The van der Waals surface area contributed by atoms with E-state index >= 15 is 0 Å². The van der Waals surface area contributed by atoms with Gasteiger partial charge in [0.1, 0.15) is 5.69 Å². The number of fused-ring (bicyclic) bond motifs is 1. The number of likely N-dealkylation sites (tertiary alicyclic amines) is 1. The minimum absolute atomic E-state index is 0.0283. The molecule has 130 valence electrons. The van der Waals surface area contributed by atoms with E-state index in [0.717, 1.165) is 25.7 Å². The third-order valence-corrected chi connectivity index (χ3v) is 5.33. The molecular weight excluding hydrogens is 308 g/mol. The molecule has 2 atom stereocenters. The number of piperidine rings is 1. The number of ether oxygens (including phenoxy) is 1. The Kier molecular flexibility index (Phi) is 5.08. The summed E-state index contributed by atoms with van der Waals surface area (Å²) in [4.78, 5) is 34.5. The number of carbonyl (C=O) groups excluding carboxylic acids is 2. The molecule has 0 spiro atoms. The van der Waals surface area contributed by atoms with Crippen LogP contribution >= 0.6 is 0 Å². The molecule has 1 saturated carbocycles. The number of nitrogens with one attached hydrogen (secondary N) is 1. The van der Waals surface area contributed by atoms with Crippen LogP contribution in [-0.4, -0.2) is 59.5 Å². The molecule has 7 nitrogen and oxygen atoms in total. The van der Waals surface area contributed by atoms with Crippen LogP contribution in [0.25, 0.3) is 0 Å². The Morgan fingerprint density at radius 2 is 2.33 bits per heavy atom. The van der Waals surface area contributed by atoms with Crippen molar-refractivity contribution < 1.29 is 14.3 Å². The standard InChI is InChI=1S/C17H24N4O3/c1-24-10-9-21-14-3-2-5-17(14,6-4-15(21)22)12-20-16(23)13-11-18-7-8-19-13/h7-8,11,14H,2-6,9-10,12H2,1H3,(H,20,23). The Morgan fingerprint density at radius 3 is 3.08 bits per heavy atom. The first-order valence-corrected chi connectivity index (χ1v) is 8.49. The summed E-state index contributed by atoms with van der Waals surface area (Å²) in [5.41, 5.74) is 0.297. The summed E-state index contributed by atoms with van der Waals surface area (Å²) < 4.78 is 5.15. The number of amides is 2. The van der Waals surface area contributed by atoms with Gasteiger partial charge in [-0.25, -0.2) is 4.98 Å². The van der Waals surface area contributed by atoms with Crippen LogP contribution in [0.15, 0.2) is 18.6 Å². The van der Waals surface area contributed by atoms with Gasteiger partial charge >= 0.3 is 0 Å². The minimum Gasteiger partial charge on any atom is -0.383 e. The van der Waals surface area contributed by atoms with Crippen molar-refractivity contribution in [2.24, 2.45) is 5.41 Å². The fraction of sp³-hybridized carbons (Fsp3) is 0.647. The maximum Gasteiger partial charge on any atom is 0.271 e. The molecule has 1 aliphatic carbocycles. The topological polar surface area (TPSA) is 84.4 Å². The zero-order valence-corrected chi connectivity index (χ0v) is 14.0. The highest BCUT2D eigenvalue weighted by molar-refractivity contribution is 5.91. The molecular formula is C17H24N4O3. The Hall–Kier alpha value is -2.02. The van der Waals surface area contributed by atoms with E-state index in [4.69, 9.17) is 4.74 Å². The van der Waals surface area contributed by atoms with Crippen molar-refractivity contribution in [3.8, 4) is 0 Å². The predicted molar refractivity (Wildman–Crippen MR) is 87.3 cm³/mol. The van der Waals surface area contributed by atoms with E-state index < -0.39 is 0 Å². The number of nitrogens with zero attached hydrogens (tertiary/aromatic N) is 3. The second-order valence-electron chi connectivity index (χ2n) is 6.62. The Bertz CT molecular complexity index is 595. The lowest BCUT2D eigenvalue weighted by Gasteiger charge is -2.46. The molecule has 3 rings (SSSR count). The molecule has 0 radical (unpaired) electrons. The highest BCUT2D eigenvalue weighted by atomic mass is 16.5. The van der Waals surface area contributed by atoms with Crippen LogP contribution in [0, 0.1) is 5.41 Å². The minimum atomic E-state index is -0.205. The van der Waals surface area contributed by atoms with Crippen molar-refractivity contribution in [3.05, 3.63) is 24.3 Å². The van der Waals surface area contributed by atoms with Crippen LogP contribution in [0.4, 0.5) is 0 Å². The van der Waals surface area contributed by atoms with Gasteiger partial charge < -0.3 is 15.0 Å². The number of hydrogen-bond acceptors (Lipinski definition) is 5. The van der Waals surface area contributed by atoms with Crippen molar-refractivity contribution in [1.29, 1.82) is 0 Å². The van der Waals surface area contributed by atoms with E-state index in [2.05, 4.69) is 15.3 Å². The molecule has 2 aliphatic rings. The highest BCUT2D eigenvalue weighted by Crippen LogP contribution is 2.47. The van der Waals surface area contributed by atoms with Gasteiger partial charge in [-0.15, -0.1) is 0 Å². The zero-order chi connectivity index (χ0) is 17.0. The summed E-state index contributed by atoms with van der Waals surface area (Å²) in [6.07, 6.45) is 9.02. The number of methoxy groups -OCH3 is 1. The summed E-state index contributed by atoms with van der Waals surface area (Å²) >= 11 is 0. The molecule has 2 unspecified atom stereocenters. The van der Waals surface area contributed by atoms with Gasteiger partial charge in [-0.05, 0) is 19.3 Å². The molecule has 2 heterocycles. The Labute approximate surface area is 141 Å². The van der Waals surface area contributed by atoms with Crippen molar-refractivity contribution in [1.82, 2.24) is 20.2 Å². The van der Waals surface area contributed by atoms with Gasteiger partial charge in [0.25, 0.3) is 5.91 Å². The lowest BCUT2D eigenvalue weighted by molar-refractivity contribution is -0.142. The van der Waals surface area contributed by atoms with E-state index in [1.165, 1.54) is 12.4 Å². The van der Waals surface area contributed by atoms with Gasteiger partial charge in [-0.2, -0.15) is 0 Å². The van der Waals surface area contributed by atoms with Gasteiger partial charge in [0.2, 0.25) is 5.91 Å². The van der Waals surface area contributed by atoms with Crippen LogP contribution in [0.1, 0.15) is 42.6 Å². The van der Waals surface area contributed by atoms with Gasteiger partial charge in [-0.3, -0.25) is 14.6 Å². The second-order valence-corrected chi connectivity index (χ2v) is 6.62. The lowest BCUT2D eigenvalue weighted by Crippen LogP contribution is -2.56. The summed E-state index contributed by atoms with van der Waals surface area (Å²) in [6, 6.07) is 0.191. The largest absolute Gasteiger partial charge is 0.383 e. The molecule has 2 amide bonds. The summed E-state index contributed by atoms with van der Waals surface area (Å²) in [7, 11) is 1.65. The molecule has 1 saturated heterocycles. The maximum absolute atomic E-state index is 12.3. The molecule has 2 fully saturated rings. The average Bonchev–Trinajstić information content (AvgIpc) is 3.04. The monoisotopic (exact) mass is 332 g/mol. The van der Waals surface area contributed by atoms with E-state index in [1.807, 2.05) is 4.90 Å². The first-order valence-electron chi connectivity index (χ1n) is 8.49. The third-order valence-electron chi connectivity index (χ3n) is 5.33. The molecule has 1 aliphatic heterocycles. The lowest BCUT2D eigenvalue weighted by atomic mass is 9.74. The smallest absolute Gasteiger partial charge is 0.271 e. The number of rotatable bonds is 6. The average molecular weight is 332 g/mol. The fourth-order valence-electron chi connectivity index (χ4n) is 4.10. The fourth-order valence-corrected chi connectivity index (χ4v) is 4.10. The van der Waals surface area contributed by atoms with Gasteiger partial charge in [0.05, 0.1) is 12.8 Å². The molecule has 1 N–H and O–H groups in total. The number of carbonyl (C=O) groups is 2. The number of hydrogen-bond donors (Lipinski definition) is 1. The van der Waals surface area contributed by atoms with E-state index in [-0.39, 0.29) is 23.3 Å². The maximum atomic E-state index is 12.3. The quantitative estimate of drug-likeness (QED) is 0.840. The van der Waals surface area contributed by atoms with E-state index in [1.54, 1.807) is 13.3 Å². The van der Waals surface area contributed by atoms with Gasteiger partial charge in [0.15, 0.2) is 0 Å². The van der Waals surface area contributed by atoms with Gasteiger partial charge in [0, 0.05) is 50.5 Å². The molecule has 1 aromatic heterocycles. The molecule has 1 aromatic rings. The Morgan fingerprint density at radius 1 is 1.46 bits per heavy atom. The van der Waals surface area contributed by atoms with Crippen LogP contribution in [0.5, 0.6) is 0 Å². The molecule has 24 heavy (non-hydrogen) atoms. The van der Waals surface area contributed by atoms with Crippen LogP contribution in [-0.2, 0) is 9.53 Å². The normalized spacial score (nSPS) is 26.3. The summed E-state index contributed by atoms with van der Waals surface area (Å²) in [5.74, 6) is -0.00158. The van der Waals surface area contributed by atoms with E-state index in [9.17, 15) is 9.59 Å². The van der Waals surface area contributed by atoms with Crippen molar-refractivity contribution in [3.63, 3.8) is 0 Å². The molecule has 7 heteroatoms. The number of aromatic nitrogens is 2. The first kappa shape index (κ1) is 16.8. The summed E-state index contributed by atoms with van der Waals surface area (Å²) in [6.45, 7) is 1.74. The predicted octanol–water partition coefficient (Wildman–Crippen LogP) is 1.01. The van der Waals surface area contributed by atoms with Crippen molar-refractivity contribution >= 4 is 11.8 Å².